The first-order valence-corrected chi connectivity index (χ1v) is 10.3. The maximum atomic E-state index is 12.9. The number of hydrogen-bond acceptors (Lipinski definition) is 5. The fourth-order valence-electron chi connectivity index (χ4n) is 3.38. The van der Waals surface area contributed by atoms with Crippen LogP contribution >= 0.6 is 11.6 Å². The maximum absolute atomic E-state index is 12.9. The van der Waals surface area contributed by atoms with Crippen molar-refractivity contribution in [2.24, 2.45) is 14.1 Å². The summed E-state index contributed by atoms with van der Waals surface area (Å²) in [6.45, 7) is 0. The zero-order valence-electron chi connectivity index (χ0n) is 18.1. The van der Waals surface area contributed by atoms with Crippen molar-refractivity contribution in [1.29, 1.82) is 0 Å². The van der Waals surface area contributed by atoms with Crippen molar-refractivity contribution in [3.05, 3.63) is 92.0 Å². The van der Waals surface area contributed by atoms with Crippen LogP contribution in [0.25, 0.3) is 11.0 Å². The Morgan fingerprint density at radius 1 is 0.879 bits per heavy atom. The van der Waals surface area contributed by atoms with Crippen molar-refractivity contribution < 1.29 is 14.3 Å². The minimum Gasteiger partial charge on any atom is -0.497 e. The quantitative estimate of drug-likeness (QED) is 0.451. The molecule has 1 N–H and O–H groups in total. The molecule has 8 nitrogen and oxygen atoms in total. The predicted octanol–water partition coefficient (Wildman–Crippen LogP) is 3.94. The summed E-state index contributed by atoms with van der Waals surface area (Å²) in [6.07, 6.45) is 0. The van der Waals surface area contributed by atoms with Gasteiger partial charge in [-0.25, -0.2) is 0 Å². The maximum Gasteiger partial charge on any atom is 0.316 e. The van der Waals surface area contributed by atoms with E-state index in [0.29, 0.717) is 38.8 Å². The molecule has 0 saturated heterocycles. The molecule has 33 heavy (non-hydrogen) atoms. The fraction of sp³-hybridized carbons (Fsp3) is 0.125. The van der Waals surface area contributed by atoms with Crippen molar-refractivity contribution in [3.63, 3.8) is 0 Å². The second-order valence-electron chi connectivity index (χ2n) is 7.31. The molecule has 0 unspecified atom stereocenters. The third kappa shape index (κ3) is 4.33. The number of amides is 1. The van der Waals surface area contributed by atoms with Crippen LogP contribution in [0, 0.1) is 0 Å². The van der Waals surface area contributed by atoms with E-state index in [1.807, 2.05) is 0 Å². The molecule has 9 heteroatoms. The molecule has 4 aromatic rings. The van der Waals surface area contributed by atoms with Crippen LogP contribution in [0.4, 0.5) is 5.69 Å². The molecule has 0 radical (unpaired) electrons. The molecular formula is C24H20ClN3O5. The number of hydrogen-bond donors (Lipinski definition) is 1. The van der Waals surface area contributed by atoms with Crippen molar-refractivity contribution in [3.8, 4) is 17.2 Å². The summed E-state index contributed by atoms with van der Waals surface area (Å²) in [4.78, 5) is 37.5. The minimum atomic E-state index is -0.680. The van der Waals surface area contributed by atoms with Gasteiger partial charge < -0.3 is 23.9 Å². The molecule has 4 rings (SSSR count). The lowest BCUT2D eigenvalue weighted by molar-refractivity contribution is 0.102. The predicted molar refractivity (Wildman–Crippen MR) is 127 cm³/mol. The Hall–Kier alpha value is -4.04. The molecule has 1 aromatic heterocycles. The van der Waals surface area contributed by atoms with Gasteiger partial charge in [0.1, 0.15) is 11.5 Å². The molecule has 1 amide bonds. The average Bonchev–Trinajstić information content (AvgIpc) is 2.82. The lowest BCUT2D eigenvalue weighted by Crippen LogP contribution is -2.39. The van der Waals surface area contributed by atoms with Crippen LogP contribution in [0.15, 0.2) is 70.3 Å². The largest absolute Gasteiger partial charge is 0.497 e. The number of benzene rings is 3. The van der Waals surface area contributed by atoms with Gasteiger partial charge in [0.25, 0.3) is 5.91 Å². The van der Waals surface area contributed by atoms with Crippen molar-refractivity contribution in [1.82, 2.24) is 9.13 Å². The summed E-state index contributed by atoms with van der Waals surface area (Å²) in [5.74, 6) is 1.03. The third-order valence-electron chi connectivity index (χ3n) is 5.21. The number of fused-ring (bicyclic) bond motifs is 1. The number of carbonyl (C=O) groups excluding carboxylic acids is 1. The van der Waals surface area contributed by atoms with Crippen molar-refractivity contribution in [2.45, 2.75) is 0 Å². The number of ether oxygens (including phenoxy) is 2. The molecule has 0 saturated carbocycles. The van der Waals surface area contributed by atoms with Gasteiger partial charge in [-0.15, -0.1) is 0 Å². The Labute approximate surface area is 193 Å². The second-order valence-corrected chi connectivity index (χ2v) is 7.74. The molecule has 0 aliphatic rings. The smallest absolute Gasteiger partial charge is 0.316 e. The zero-order chi connectivity index (χ0) is 23.7. The van der Waals surface area contributed by atoms with Gasteiger partial charge in [0.15, 0.2) is 5.75 Å². The number of methoxy groups -OCH3 is 1. The summed E-state index contributed by atoms with van der Waals surface area (Å²) >= 11 is 6.02. The Morgan fingerprint density at radius 2 is 1.48 bits per heavy atom. The summed E-state index contributed by atoms with van der Waals surface area (Å²) in [7, 11) is 4.57. The van der Waals surface area contributed by atoms with Gasteiger partial charge in [0.05, 0.1) is 23.8 Å². The molecule has 3 aromatic carbocycles. The van der Waals surface area contributed by atoms with E-state index in [0.717, 1.165) is 0 Å². The van der Waals surface area contributed by atoms with Crippen molar-refractivity contribution in [2.75, 3.05) is 12.4 Å². The molecule has 1 heterocycles. The number of anilines is 1. The number of aryl methyl sites for hydroxylation is 2. The molecule has 0 atom stereocenters. The van der Waals surface area contributed by atoms with Crippen LogP contribution in [0.5, 0.6) is 17.2 Å². The number of nitrogens with one attached hydrogen (secondary N) is 1. The number of aromatic nitrogens is 2. The number of rotatable bonds is 5. The first kappa shape index (κ1) is 22.2. The highest BCUT2D eigenvalue weighted by Crippen LogP contribution is 2.34. The van der Waals surface area contributed by atoms with E-state index < -0.39 is 17.0 Å². The standard InChI is InChI=1S/C24H20ClN3O5/c1-27-19-12-18(26-22(29)14-5-4-6-15(25)11-14)21(13-20(19)28(2)24(31)23(27)30)33-17-9-7-16(32-3)8-10-17/h4-13H,1-3H3,(H,26,29). The van der Waals surface area contributed by atoms with Gasteiger partial charge in [0, 0.05) is 30.7 Å². The molecule has 0 aliphatic heterocycles. The Balaban J connectivity index is 1.85. The highest BCUT2D eigenvalue weighted by molar-refractivity contribution is 6.31. The molecule has 0 spiro atoms. The van der Waals surface area contributed by atoms with Crippen molar-refractivity contribution >= 4 is 34.2 Å². The van der Waals surface area contributed by atoms with E-state index >= 15 is 0 Å². The van der Waals surface area contributed by atoms with Crippen LogP contribution in [0.2, 0.25) is 5.02 Å². The van der Waals surface area contributed by atoms with Crippen LogP contribution in [-0.4, -0.2) is 22.2 Å². The van der Waals surface area contributed by atoms with E-state index in [-0.39, 0.29) is 5.75 Å². The van der Waals surface area contributed by atoms with Gasteiger partial charge >= 0.3 is 11.1 Å². The summed E-state index contributed by atoms with van der Waals surface area (Å²) in [5, 5.41) is 3.24. The zero-order valence-corrected chi connectivity index (χ0v) is 18.8. The summed E-state index contributed by atoms with van der Waals surface area (Å²) < 4.78 is 13.7. The SMILES string of the molecule is COc1ccc(Oc2cc3c(cc2NC(=O)c2cccc(Cl)c2)n(C)c(=O)c(=O)n3C)cc1. The Morgan fingerprint density at radius 3 is 2.09 bits per heavy atom. The van der Waals surface area contributed by atoms with Crippen LogP contribution in [0.3, 0.4) is 0 Å². The minimum absolute atomic E-state index is 0.289. The molecule has 0 aliphatic carbocycles. The van der Waals surface area contributed by atoms with Gasteiger partial charge in [-0.2, -0.15) is 0 Å². The first-order valence-electron chi connectivity index (χ1n) is 9.91. The lowest BCUT2D eigenvalue weighted by Gasteiger charge is -2.16. The summed E-state index contributed by atoms with van der Waals surface area (Å²) in [5.41, 5.74) is 0.235. The molecule has 0 bridgehead atoms. The van der Waals surface area contributed by atoms with E-state index in [1.165, 1.54) is 23.2 Å². The van der Waals surface area contributed by atoms with E-state index in [2.05, 4.69) is 5.32 Å². The third-order valence-corrected chi connectivity index (χ3v) is 5.45. The van der Waals surface area contributed by atoms with Crippen LogP contribution in [-0.2, 0) is 14.1 Å². The number of carbonyl (C=O) groups is 1. The Kier molecular flexibility index (Phi) is 5.93. The van der Waals surface area contributed by atoms with Gasteiger partial charge in [0.2, 0.25) is 0 Å². The van der Waals surface area contributed by atoms with Gasteiger partial charge in [-0.1, -0.05) is 17.7 Å². The topological polar surface area (TPSA) is 91.6 Å². The van der Waals surface area contributed by atoms with Crippen LogP contribution < -0.4 is 25.9 Å². The highest BCUT2D eigenvalue weighted by Gasteiger charge is 2.17. The number of nitrogens with zero attached hydrogens (tertiary/aromatic N) is 2. The molecular weight excluding hydrogens is 446 g/mol. The summed E-state index contributed by atoms with van der Waals surface area (Å²) in [6, 6.07) is 16.6. The normalized spacial score (nSPS) is 10.8. The molecule has 0 fully saturated rings. The van der Waals surface area contributed by atoms with Gasteiger partial charge in [-0.05, 0) is 48.5 Å². The monoisotopic (exact) mass is 465 g/mol. The second kappa shape index (κ2) is 8.84. The van der Waals surface area contributed by atoms with Gasteiger partial charge in [-0.3, -0.25) is 14.4 Å². The highest BCUT2D eigenvalue weighted by atomic mass is 35.5. The Bertz CT molecular complexity index is 1490. The number of halogens is 1. The fourth-order valence-corrected chi connectivity index (χ4v) is 3.57. The molecule has 168 valence electrons. The van der Waals surface area contributed by atoms with E-state index in [9.17, 15) is 14.4 Å². The average molecular weight is 466 g/mol. The first-order chi connectivity index (χ1) is 15.8. The van der Waals surface area contributed by atoms with E-state index in [1.54, 1.807) is 67.8 Å². The van der Waals surface area contributed by atoms with Crippen LogP contribution in [0.1, 0.15) is 10.4 Å². The lowest BCUT2D eigenvalue weighted by atomic mass is 10.2. The van der Waals surface area contributed by atoms with E-state index in [4.69, 9.17) is 21.1 Å².